The van der Waals surface area contributed by atoms with Gasteiger partial charge in [-0.05, 0) is 18.6 Å². The Balaban J connectivity index is 1.63. The molecule has 1 N–H and O–H groups in total. The number of carbonyl (C=O) groups excluding carboxylic acids is 1. The smallest absolute Gasteiger partial charge is 0.278 e. The number of amides is 1. The number of methoxy groups -OCH3 is 1. The number of anilines is 1. The lowest BCUT2D eigenvalue weighted by atomic mass is 10.1. The van der Waals surface area contributed by atoms with E-state index in [9.17, 15) is 4.79 Å². The first-order chi connectivity index (χ1) is 11.6. The van der Waals surface area contributed by atoms with Gasteiger partial charge in [0.15, 0.2) is 5.69 Å². The van der Waals surface area contributed by atoms with E-state index >= 15 is 0 Å². The van der Waals surface area contributed by atoms with Crippen molar-refractivity contribution < 1.29 is 9.53 Å². The van der Waals surface area contributed by atoms with Crippen LogP contribution in [0.4, 0.5) is 5.95 Å². The molecule has 1 aromatic carbocycles. The van der Waals surface area contributed by atoms with Crippen molar-refractivity contribution in [1.82, 2.24) is 24.5 Å². The normalized spacial score (nSPS) is 10.8. The Labute approximate surface area is 139 Å². The second-order valence-electron chi connectivity index (χ2n) is 5.37. The molecule has 2 heterocycles. The number of hydrogen-bond acceptors (Lipinski definition) is 5. The van der Waals surface area contributed by atoms with Crippen LogP contribution in [0.5, 0.6) is 0 Å². The molecule has 3 aromatic rings. The van der Waals surface area contributed by atoms with Gasteiger partial charge in [0.25, 0.3) is 5.91 Å². The van der Waals surface area contributed by atoms with Gasteiger partial charge in [-0.2, -0.15) is 5.10 Å². The van der Waals surface area contributed by atoms with Crippen LogP contribution in [0.1, 0.15) is 21.6 Å². The Morgan fingerprint density at radius 2 is 2.12 bits per heavy atom. The summed E-state index contributed by atoms with van der Waals surface area (Å²) in [6.07, 6.45) is 3.25. The Bertz CT molecular complexity index is 838. The average Bonchev–Trinajstić information content (AvgIpc) is 3.17. The molecule has 2 aromatic heterocycles. The molecule has 0 atom stereocenters. The zero-order valence-corrected chi connectivity index (χ0v) is 13.5. The molecule has 0 fully saturated rings. The van der Waals surface area contributed by atoms with E-state index in [-0.39, 0.29) is 24.3 Å². The third kappa shape index (κ3) is 3.85. The number of aromatic nitrogens is 5. The van der Waals surface area contributed by atoms with Gasteiger partial charge in [0.05, 0.1) is 6.54 Å². The van der Waals surface area contributed by atoms with Crippen molar-refractivity contribution in [3.8, 4) is 0 Å². The molecule has 8 nitrogen and oxygen atoms in total. The monoisotopic (exact) mass is 326 g/mol. The fourth-order valence-electron chi connectivity index (χ4n) is 2.28. The SMILES string of the molecule is COCn1ccc(C(=O)Nc2ncn(Cc3cccc(C)c3)n2)n1. The highest BCUT2D eigenvalue weighted by Gasteiger charge is 2.12. The molecule has 0 saturated carbocycles. The van der Waals surface area contributed by atoms with Gasteiger partial charge in [0.1, 0.15) is 13.1 Å². The summed E-state index contributed by atoms with van der Waals surface area (Å²) in [6, 6.07) is 9.76. The highest BCUT2D eigenvalue weighted by Crippen LogP contribution is 2.07. The summed E-state index contributed by atoms with van der Waals surface area (Å²) in [5.74, 6) is -0.118. The van der Waals surface area contributed by atoms with Gasteiger partial charge in [-0.15, -0.1) is 5.10 Å². The van der Waals surface area contributed by atoms with Gasteiger partial charge in [0.2, 0.25) is 5.95 Å². The third-order valence-corrected chi connectivity index (χ3v) is 3.32. The molecule has 0 bridgehead atoms. The van der Waals surface area contributed by atoms with Gasteiger partial charge in [0, 0.05) is 13.3 Å². The van der Waals surface area contributed by atoms with Crippen molar-refractivity contribution in [3.63, 3.8) is 0 Å². The second-order valence-corrected chi connectivity index (χ2v) is 5.37. The number of hydrogen-bond donors (Lipinski definition) is 1. The van der Waals surface area contributed by atoms with Crippen molar-refractivity contribution in [3.05, 3.63) is 59.7 Å². The predicted octanol–water partition coefficient (Wildman–Crippen LogP) is 1.69. The van der Waals surface area contributed by atoms with Crippen molar-refractivity contribution in [2.75, 3.05) is 12.4 Å². The number of rotatable bonds is 6. The summed E-state index contributed by atoms with van der Waals surface area (Å²) in [7, 11) is 1.56. The molecule has 0 aliphatic rings. The first-order valence-corrected chi connectivity index (χ1v) is 7.43. The first kappa shape index (κ1) is 15.9. The molecule has 8 heteroatoms. The molecule has 0 saturated heterocycles. The Morgan fingerprint density at radius 3 is 2.92 bits per heavy atom. The van der Waals surface area contributed by atoms with Gasteiger partial charge in [-0.25, -0.2) is 14.3 Å². The number of nitrogens with one attached hydrogen (secondary N) is 1. The molecule has 0 aliphatic heterocycles. The lowest BCUT2D eigenvalue weighted by molar-refractivity contribution is 0.101. The molecule has 0 spiro atoms. The summed E-state index contributed by atoms with van der Waals surface area (Å²) in [5.41, 5.74) is 2.59. The topological polar surface area (TPSA) is 86.9 Å². The van der Waals surface area contributed by atoms with Crippen LogP contribution >= 0.6 is 0 Å². The lowest BCUT2D eigenvalue weighted by Crippen LogP contribution is -2.15. The quantitative estimate of drug-likeness (QED) is 0.745. The molecular weight excluding hydrogens is 308 g/mol. The van der Waals surface area contributed by atoms with E-state index in [0.717, 1.165) is 5.56 Å². The van der Waals surface area contributed by atoms with Crippen LogP contribution < -0.4 is 5.32 Å². The molecule has 24 heavy (non-hydrogen) atoms. The molecule has 0 unspecified atom stereocenters. The average molecular weight is 326 g/mol. The second kappa shape index (κ2) is 7.05. The van der Waals surface area contributed by atoms with Crippen molar-refractivity contribution in [1.29, 1.82) is 0 Å². The van der Waals surface area contributed by atoms with Gasteiger partial charge >= 0.3 is 0 Å². The molecule has 1 amide bonds. The summed E-state index contributed by atoms with van der Waals surface area (Å²) in [6.45, 7) is 2.92. The molecule has 124 valence electrons. The summed E-state index contributed by atoms with van der Waals surface area (Å²) >= 11 is 0. The van der Waals surface area contributed by atoms with E-state index in [1.165, 1.54) is 10.2 Å². The van der Waals surface area contributed by atoms with Crippen LogP contribution in [-0.4, -0.2) is 37.6 Å². The Hall–Kier alpha value is -3.00. The summed E-state index contributed by atoms with van der Waals surface area (Å²) < 4.78 is 8.15. The lowest BCUT2D eigenvalue weighted by Gasteiger charge is -2.02. The number of benzene rings is 1. The fraction of sp³-hybridized carbons (Fsp3) is 0.250. The molecule has 0 radical (unpaired) electrons. The predicted molar refractivity (Wildman–Crippen MR) is 87.5 cm³/mol. The van der Waals surface area contributed by atoms with Crippen LogP contribution in [0.2, 0.25) is 0 Å². The fourth-order valence-corrected chi connectivity index (χ4v) is 2.28. The van der Waals surface area contributed by atoms with Crippen molar-refractivity contribution in [2.45, 2.75) is 20.2 Å². The first-order valence-electron chi connectivity index (χ1n) is 7.43. The van der Waals surface area contributed by atoms with Crippen molar-refractivity contribution in [2.24, 2.45) is 0 Å². The number of aryl methyl sites for hydroxylation is 1. The van der Waals surface area contributed by atoms with E-state index < -0.39 is 0 Å². The van der Waals surface area contributed by atoms with E-state index in [1.807, 2.05) is 25.1 Å². The van der Waals surface area contributed by atoms with E-state index in [1.54, 1.807) is 30.4 Å². The highest BCUT2D eigenvalue weighted by molar-refractivity contribution is 6.01. The summed E-state index contributed by atoms with van der Waals surface area (Å²) in [5, 5.41) is 11.0. The van der Waals surface area contributed by atoms with Gasteiger partial charge in [-0.1, -0.05) is 29.8 Å². The molecule has 3 rings (SSSR count). The van der Waals surface area contributed by atoms with Gasteiger partial charge < -0.3 is 4.74 Å². The number of ether oxygens (including phenoxy) is 1. The number of carbonyl (C=O) groups is 1. The summed E-state index contributed by atoms with van der Waals surface area (Å²) in [4.78, 5) is 16.2. The molecule has 0 aliphatic carbocycles. The van der Waals surface area contributed by atoms with Crippen LogP contribution in [0.3, 0.4) is 0 Å². The van der Waals surface area contributed by atoms with Gasteiger partial charge in [-0.3, -0.25) is 10.1 Å². The van der Waals surface area contributed by atoms with Crippen LogP contribution in [0, 0.1) is 6.92 Å². The minimum Gasteiger partial charge on any atom is -0.362 e. The Morgan fingerprint density at radius 1 is 1.25 bits per heavy atom. The minimum atomic E-state index is -0.363. The van der Waals surface area contributed by atoms with E-state index in [2.05, 4.69) is 26.6 Å². The Kier molecular flexibility index (Phi) is 4.66. The zero-order valence-electron chi connectivity index (χ0n) is 13.5. The maximum atomic E-state index is 12.1. The third-order valence-electron chi connectivity index (χ3n) is 3.32. The highest BCUT2D eigenvalue weighted by atomic mass is 16.5. The molecular formula is C16H18N6O2. The van der Waals surface area contributed by atoms with Crippen LogP contribution in [0.15, 0.2) is 42.9 Å². The van der Waals surface area contributed by atoms with Crippen LogP contribution in [-0.2, 0) is 18.0 Å². The largest absolute Gasteiger partial charge is 0.362 e. The van der Waals surface area contributed by atoms with E-state index in [0.29, 0.717) is 6.54 Å². The maximum Gasteiger partial charge on any atom is 0.278 e. The van der Waals surface area contributed by atoms with Crippen LogP contribution in [0.25, 0.3) is 0 Å². The minimum absolute atomic E-state index is 0.244. The van der Waals surface area contributed by atoms with E-state index in [4.69, 9.17) is 4.74 Å². The standard InChI is InChI=1S/C16H18N6O2/c1-12-4-3-5-13(8-12)9-22-10-17-16(20-22)18-15(23)14-6-7-21(19-14)11-24-2/h3-8,10H,9,11H2,1-2H3,(H,18,20,23). The maximum absolute atomic E-state index is 12.1. The zero-order chi connectivity index (χ0) is 16.9. The number of nitrogens with zero attached hydrogens (tertiary/aromatic N) is 5. The van der Waals surface area contributed by atoms with Crippen molar-refractivity contribution >= 4 is 11.9 Å².